The molecule has 0 aromatic rings. The summed E-state index contributed by atoms with van der Waals surface area (Å²) < 4.78 is 26.3. The van der Waals surface area contributed by atoms with Gasteiger partial charge in [-0.2, -0.15) is 0 Å². The Hall–Kier alpha value is -2.81. The highest BCUT2D eigenvalue weighted by atomic mass is 16.6. The van der Waals surface area contributed by atoms with Crippen molar-refractivity contribution >= 4 is 29.7 Å². The van der Waals surface area contributed by atoms with Gasteiger partial charge in [0.25, 0.3) is 0 Å². The molecule has 0 aliphatic heterocycles. The zero-order valence-electron chi connectivity index (χ0n) is 36.6. The van der Waals surface area contributed by atoms with Crippen molar-refractivity contribution in [1.29, 1.82) is 0 Å². The van der Waals surface area contributed by atoms with Crippen LogP contribution in [0.5, 0.6) is 0 Å². The lowest BCUT2D eigenvalue weighted by Gasteiger charge is -2.24. The molecule has 0 aromatic heterocycles. The van der Waals surface area contributed by atoms with E-state index in [1.165, 1.54) is 83.5 Å². The summed E-state index contributed by atoms with van der Waals surface area (Å²) in [5.74, 6) is -2.40. The number of aliphatic carboxylic acids is 1. The van der Waals surface area contributed by atoms with Gasteiger partial charge in [-0.1, -0.05) is 111 Å². The molecule has 3 amide bonds. The van der Waals surface area contributed by atoms with E-state index < -0.39 is 23.6 Å². The van der Waals surface area contributed by atoms with E-state index in [1.807, 2.05) is 0 Å². The van der Waals surface area contributed by atoms with Crippen LogP contribution in [-0.2, 0) is 47.7 Å². The SMILES string of the molecule is CC(C)(C)CCCCCCCCCCCCCCCCCC(=O)NC(CCC(=O)NCCOCCOCC(=O)NCCOCCOCC(=O)O)C(=O)OC(C)(C)C. The molecule has 0 saturated carbocycles. The fourth-order valence-electron chi connectivity index (χ4n) is 5.83. The molecule has 57 heavy (non-hydrogen) atoms. The van der Waals surface area contributed by atoms with Crippen LogP contribution in [0.4, 0.5) is 0 Å². The summed E-state index contributed by atoms with van der Waals surface area (Å²) in [4.78, 5) is 60.2. The second-order valence-corrected chi connectivity index (χ2v) is 17.0. The van der Waals surface area contributed by atoms with E-state index in [0.717, 1.165) is 19.3 Å². The Bertz CT molecular complexity index is 1060. The first-order valence-corrected chi connectivity index (χ1v) is 21.7. The highest BCUT2D eigenvalue weighted by Crippen LogP contribution is 2.23. The predicted octanol–water partition coefficient (Wildman–Crippen LogP) is 6.65. The summed E-state index contributed by atoms with van der Waals surface area (Å²) in [6.07, 6.45) is 20.6. The third kappa shape index (κ3) is 41.2. The number of nitrogens with one attached hydrogen (secondary N) is 3. The van der Waals surface area contributed by atoms with Crippen molar-refractivity contribution in [2.24, 2.45) is 5.41 Å². The van der Waals surface area contributed by atoms with Gasteiger partial charge in [0.1, 0.15) is 24.9 Å². The van der Waals surface area contributed by atoms with E-state index in [0.29, 0.717) is 11.8 Å². The van der Waals surface area contributed by atoms with Crippen molar-refractivity contribution in [2.45, 2.75) is 175 Å². The van der Waals surface area contributed by atoms with Gasteiger partial charge in [-0.3, -0.25) is 14.4 Å². The Morgan fingerprint density at radius 2 is 0.947 bits per heavy atom. The van der Waals surface area contributed by atoms with E-state index in [4.69, 9.17) is 28.8 Å². The molecule has 334 valence electrons. The van der Waals surface area contributed by atoms with E-state index in [2.05, 4.69) is 36.7 Å². The highest BCUT2D eigenvalue weighted by Gasteiger charge is 2.27. The van der Waals surface area contributed by atoms with Crippen LogP contribution >= 0.6 is 0 Å². The van der Waals surface area contributed by atoms with Crippen LogP contribution in [0.3, 0.4) is 0 Å². The third-order valence-electron chi connectivity index (χ3n) is 8.86. The van der Waals surface area contributed by atoms with Gasteiger partial charge in [0.05, 0.1) is 39.6 Å². The summed E-state index contributed by atoms with van der Waals surface area (Å²) in [6.45, 7) is 13.6. The Morgan fingerprint density at radius 3 is 1.42 bits per heavy atom. The first kappa shape index (κ1) is 54.2. The van der Waals surface area contributed by atoms with Crippen LogP contribution in [0.2, 0.25) is 0 Å². The molecule has 0 spiro atoms. The number of carboxylic acid groups (broad SMARTS) is 1. The first-order valence-electron chi connectivity index (χ1n) is 21.7. The molecular weight excluding hydrogens is 734 g/mol. The Labute approximate surface area is 344 Å². The lowest BCUT2D eigenvalue weighted by molar-refractivity contribution is -0.159. The van der Waals surface area contributed by atoms with Gasteiger partial charge in [-0.05, 0) is 45.4 Å². The molecule has 0 saturated heterocycles. The summed E-state index contributed by atoms with van der Waals surface area (Å²) in [5.41, 5.74) is -0.260. The normalized spacial score (nSPS) is 12.2. The topological polar surface area (TPSA) is 188 Å². The van der Waals surface area contributed by atoms with Crippen molar-refractivity contribution in [3.63, 3.8) is 0 Å². The minimum Gasteiger partial charge on any atom is -0.480 e. The number of carboxylic acids is 1. The number of carbonyl (C=O) groups is 5. The van der Waals surface area contributed by atoms with Gasteiger partial charge in [-0.25, -0.2) is 9.59 Å². The summed E-state index contributed by atoms with van der Waals surface area (Å²) in [5, 5.41) is 16.6. The maximum absolute atomic E-state index is 12.9. The van der Waals surface area contributed by atoms with Gasteiger partial charge in [0.2, 0.25) is 17.7 Å². The third-order valence-corrected chi connectivity index (χ3v) is 8.86. The highest BCUT2D eigenvalue weighted by molar-refractivity contribution is 5.85. The monoisotopic (exact) mass is 816 g/mol. The molecule has 0 bridgehead atoms. The lowest BCUT2D eigenvalue weighted by atomic mass is 9.89. The van der Waals surface area contributed by atoms with Crippen molar-refractivity contribution in [3.05, 3.63) is 0 Å². The van der Waals surface area contributed by atoms with Crippen LogP contribution in [0.25, 0.3) is 0 Å². The van der Waals surface area contributed by atoms with Crippen LogP contribution in [-0.4, -0.2) is 112 Å². The molecule has 0 aliphatic carbocycles. The molecule has 0 radical (unpaired) electrons. The second-order valence-electron chi connectivity index (χ2n) is 17.0. The van der Waals surface area contributed by atoms with E-state index in [1.54, 1.807) is 20.8 Å². The number of carbonyl (C=O) groups excluding carboxylic acids is 4. The van der Waals surface area contributed by atoms with E-state index >= 15 is 0 Å². The Kier molecular flexibility index (Phi) is 33.4. The standard InChI is InChI=1S/C43H81N3O11/c1-42(2,3)25-21-19-17-15-13-11-9-7-8-10-12-14-16-18-20-22-38(48)46-36(41(52)57-43(4,5)6)23-24-37(47)44-26-28-53-30-32-55-34-39(49)45-27-29-54-31-33-56-35-40(50)51/h36H,7-35H2,1-6H3,(H,44,47)(H,45,49)(H,46,48)(H,50,51). The van der Waals surface area contributed by atoms with Crippen molar-refractivity contribution in [3.8, 4) is 0 Å². The number of ether oxygens (including phenoxy) is 5. The average Bonchev–Trinajstić information content (AvgIpc) is 3.12. The molecule has 0 aliphatic rings. The number of hydrogen-bond acceptors (Lipinski definition) is 10. The number of amides is 3. The molecular formula is C43H81N3O11. The minimum atomic E-state index is -1.05. The average molecular weight is 816 g/mol. The molecule has 1 atom stereocenters. The van der Waals surface area contributed by atoms with Crippen LogP contribution in [0.1, 0.15) is 164 Å². The summed E-state index contributed by atoms with van der Waals surface area (Å²) in [6, 6.07) is -0.913. The zero-order valence-corrected chi connectivity index (χ0v) is 36.6. The lowest BCUT2D eigenvalue weighted by Crippen LogP contribution is -2.44. The van der Waals surface area contributed by atoms with Crippen LogP contribution < -0.4 is 16.0 Å². The number of hydrogen-bond donors (Lipinski definition) is 4. The second kappa shape index (κ2) is 35.2. The maximum Gasteiger partial charge on any atom is 0.329 e. The largest absolute Gasteiger partial charge is 0.480 e. The predicted molar refractivity (Wildman–Crippen MR) is 222 cm³/mol. The molecule has 14 heteroatoms. The van der Waals surface area contributed by atoms with E-state index in [9.17, 15) is 24.0 Å². The fraction of sp³-hybridized carbons (Fsp3) is 0.884. The molecule has 0 rings (SSSR count). The van der Waals surface area contributed by atoms with Crippen molar-refractivity contribution in [2.75, 3.05) is 65.9 Å². The smallest absolute Gasteiger partial charge is 0.329 e. The number of unbranched alkanes of at least 4 members (excludes halogenated alkanes) is 14. The molecule has 0 fully saturated rings. The van der Waals surface area contributed by atoms with Crippen molar-refractivity contribution in [1.82, 2.24) is 16.0 Å². The Balaban J connectivity index is 4.00. The molecule has 14 nitrogen and oxygen atoms in total. The van der Waals surface area contributed by atoms with Crippen molar-refractivity contribution < 1.29 is 52.8 Å². The zero-order chi connectivity index (χ0) is 42.6. The minimum absolute atomic E-state index is 0.0316. The van der Waals surface area contributed by atoms with Crippen LogP contribution in [0.15, 0.2) is 0 Å². The maximum atomic E-state index is 12.9. The summed E-state index contributed by atoms with van der Waals surface area (Å²) >= 11 is 0. The Morgan fingerprint density at radius 1 is 0.509 bits per heavy atom. The van der Waals surface area contributed by atoms with Gasteiger partial charge < -0.3 is 44.7 Å². The van der Waals surface area contributed by atoms with Gasteiger partial charge in [0.15, 0.2) is 0 Å². The summed E-state index contributed by atoms with van der Waals surface area (Å²) in [7, 11) is 0. The first-order chi connectivity index (χ1) is 27.1. The van der Waals surface area contributed by atoms with Crippen LogP contribution in [0, 0.1) is 5.41 Å². The molecule has 0 aromatic carbocycles. The van der Waals surface area contributed by atoms with E-state index in [-0.39, 0.29) is 96.5 Å². The number of rotatable bonds is 38. The molecule has 4 N–H and O–H groups in total. The van der Waals surface area contributed by atoms with Gasteiger partial charge in [0, 0.05) is 25.9 Å². The molecule has 1 unspecified atom stereocenters. The molecule has 0 heterocycles. The quantitative estimate of drug-likeness (QED) is 0.0386. The van der Waals surface area contributed by atoms with Gasteiger partial charge in [-0.15, -0.1) is 0 Å². The fourth-order valence-corrected chi connectivity index (χ4v) is 5.83. The van der Waals surface area contributed by atoms with Gasteiger partial charge >= 0.3 is 11.9 Å². The number of esters is 1.